The van der Waals surface area contributed by atoms with Gasteiger partial charge < -0.3 is 15.2 Å². The highest BCUT2D eigenvalue weighted by atomic mass is 35.5. The van der Waals surface area contributed by atoms with Crippen molar-refractivity contribution in [3.8, 4) is 0 Å². The number of nitrogens with zero attached hydrogens (tertiary/aromatic N) is 3. The van der Waals surface area contributed by atoms with E-state index in [4.69, 9.17) is 10.7 Å². The number of likely N-dealkylation sites (tertiary alicyclic amines) is 1. The monoisotopic (exact) mass is 378 g/mol. The van der Waals surface area contributed by atoms with E-state index in [1.807, 2.05) is 11.0 Å². The molecule has 0 unspecified atom stereocenters. The van der Waals surface area contributed by atoms with Crippen LogP contribution in [0.25, 0.3) is 11.0 Å². The van der Waals surface area contributed by atoms with Crippen molar-refractivity contribution in [3.63, 3.8) is 0 Å². The molecule has 3 rings (SSSR count). The molecule has 0 saturated carbocycles. The summed E-state index contributed by atoms with van der Waals surface area (Å²) in [6, 6.07) is 8.39. The molecule has 1 fully saturated rings. The molecule has 2 aromatic rings. The Morgan fingerprint density at radius 1 is 1.27 bits per heavy atom. The molecule has 1 aromatic carbocycles. The fraction of sp³-hybridized carbons (Fsp3) is 0.600. The fourth-order valence-electron chi connectivity index (χ4n) is 3.94. The Bertz CT molecular complexity index is 734. The van der Waals surface area contributed by atoms with Crippen molar-refractivity contribution >= 4 is 29.3 Å². The first kappa shape index (κ1) is 20.7. The molecule has 1 atom stereocenters. The number of carbonyl (C=O) groups excluding carboxylic acids is 1. The number of para-hydroxylation sites is 2. The van der Waals surface area contributed by atoms with Gasteiger partial charge in [0.1, 0.15) is 5.82 Å². The number of aromatic nitrogens is 2. The summed E-state index contributed by atoms with van der Waals surface area (Å²) in [6.45, 7) is 7.93. The van der Waals surface area contributed by atoms with E-state index in [0.29, 0.717) is 12.0 Å². The molecule has 6 heteroatoms. The minimum absolute atomic E-state index is 0. The van der Waals surface area contributed by atoms with Crippen LogP contribution in [0.5, 0.6) is 0 Å². The van der Waals surface area contributed by atoms with Crippen LogP contribution in [0.15, 0.2) is 24.3 Å². The first-order valence-corrected chi connectivity index (χ1v) is 9.51. The number of carbonyl (C=O) groups is 1. The minimum atomic E-state index is -0.364. The number of piperidine rings is 1. The molecule has 1 aliphatic heterocycles. The second kappa shape index (κ2) is 8.87. The lowest BCUT2D eigenvalue weighted by atomic mass is 10.00. The van der Waals surface area contributed by atoms with Gasteiger partial charge in [-0.05, 0) is 37.3 Å². The topological polar surface area (TPSA) is 64.2 Å². The SMILES string of the molecule is CCc1nc2ccccc2n1C1CCN(C(=O)[C@@H](N)CC(C)C)CC1.Cl. The first-order valence-electron chi connectivity index (χ1n) is 9.51. The number of halogens is 1. The highest BCUT2D eigenvalue weighted by molar-refractivity contribution is 5.85. The van der Waals surface area contributed by atoms with Crippen LogP contribution in [0.4, 0.5) is 0 Å². The third-order valence-corrected chi connectivity index (χ3v) is 5.17. The van der Waals surface area contributed by atoms with Crippen molar-refractivity contribution in [2.45, 2.75) is 58.5 Å². The van der Waals surface area contributed by atoms with Crippen LogP contribution in [0.2, 0.25) is 0 Å². The van der Waals surface area contributed by atoms with E-state index in [2.05, 4.69) is 43.5 Å². The number of amides is 1. The first-order chi connectivity index (χ1) is 12.0. The fourth-order valence-corrected chi connectivity index (χ4v) is 3.94. The van der Waals surface area contributed by atoms with Crippen molar-refractivity contribution < 1.29 is 4.79 Å². The quantitative estimate of drug-likeness (QED) is 0.865. The summed E-state index contributed by atoms with van der Waals surface area (Å²) in [5, 5.41) is 0. The van der Waals surface area contributed by atoms with E-state index >= 15 is 0 Å². The Morgan fingerprint density at radius 3 is 2.54 bits per heavy atom. The van der Waals surface area contributed by atoms with Crippen molar-refractivity contribution in [3.05, 3.63) is 30.1 Å². The van der Waals surface area contributed by atoms with Crippen LogP contribution in [0, 0.1) is 5.92 Å². The van der Waals surface area contributed by atoms with Crippen LogP contribution in [-0.4, -0.2) is 39.5 Å². The van der Waals surface area contributed by atoms with Gasteiger partial charge in [-0.3, -0.25) is 4.79 Å². The number of benzene rings is 1. The van der Waals surface area contributed by atoms with E-state index < -0.39 is 0 Å². The number of fused-ring (bicyclic) bond motifs is 1. The molecule has 0 spiro atoms. The largest absolute Gasteiger partial charge is 0.341 e. The van der Waals surface area contributed by atoms with Crippen LogP contribution >= 0.6 is 12.4 Å². The maximum Gasteiger partial charge on any atom is 0.239 e. The summed E-state index contributed by atoms with van der Waals surface area (Å²) < 4.78 is 2.39. The number of hydrogen-bond acceptors (Lipinski definition) is 3. The predicted molar refractivity (Wildman–Crippen MR) is 109 cm³/mol. The molecular weight excluding hydrogens is 348 g/mol. The van der Waals surface area contributed by atoms with E-state index in [0.717, 1.165) is 50.1 Å². The molecule has 1 aliphatic rings. The molecule has 0 radical (unpaired) electrons. The van der Waals surface area contributed by atoms with Crippen LogP contribution in [0.1, 0.15) is 51.9 Å². The average Bonchev–Trinajstić information content (AvgIpc) is 2.99. The van der Waals surface area contributed by atoms with Gasteiger partial charge in [0, 0.05) is 25.6 Å². The summed E-state index contributed by atoms with van der Waals surface area (Å²) in [5.41, 5.74) is 8.37. The van der Waals surface area contributed by atoms with E-state index in [1.54, 1.807) is 0 Å². The smallest absolute Gasteiger partial charge is 0.239 e. The number of nitrogens with two attached hydrogens (primary N) is 1. The Labute approximate surface area is 162 Å². The standard InChI is InChI=1S/C20H30N4O.ClH/c1-4-19-22-17-7-5-6-8-18(17)24(19)15-9-11-23(12-10-15)20(25)16(21)13-14(2)3;/h5-8,14-16H,4,9-13,21H2,1-3H3;1H/t16-;/m0./s1. The number of aryl methyl sites for hydroxylation is 1. The van der Waals surface area contributed by atoms with Gasteiger partial charge in [0.2, 0.25) is 5.91 Å². The average molecular weight is 379 g/mol. The highest BCUT2D eigenvalue weighted by Crippen LogP contribution is 2.29. The summed E-state index contributed by atoms with van der Waals surface area (Å²) in [6.07, 6.45) is 3.61. The van der Waals surface area contributed by atoms with Crippen LogP contribution < -0.4 is 5.73 Å². The third-order valence-electron chi connectivity index (χ3n) is 5.17. The maximum absolute atomic E-state index is 12.5. The Hall–Kier alpha value is -1.59. The van der Waals surface area contributed by atoms with Gasteiger partial charge in [-0.25, -0.2) is 4.98 Å². The van der Waals surface area contributed by atoms with Gasteiger partial charge in [0.05, 0.1) is 17.1 Å². The predicted octanol–water partition coefficient (Wildman–Crippen LogP) is 3.56. The van der Waals surface area contributed by atoms with Crippen molar-refractivity contribution in [2.75, 3.05) is 13.1 Å². The molecule has 5 nitrogen and oxygen atoms in total. The summed E-state index contributed by atoms with van der Waals surface area (Å²) in [7, 11) is 0. The lowest BCUT2D eigenvalue weighted by Gasteiger charge is -2.35. The van der Waals surface area contributed by atoms with Crippen LogP contribution in [0.3, 0.4) is 0 Å². The molecule has 1 saturated heterocycles. The van der Waals surface area contributed by atoms with E-state index in [1.165, 1.54) is 5.52 Å². The number of rotatable bonds is 5. The Morgan fingerprint density at radius 2 is 1.92 bits per heavy atom. The van der Waals surface area contributed by atoms with Gasteiger partial charge in [-0.2, -0.15) is 0 Å². The van der Waals surface area contributed by atoms with Crippen LogP contribution in [-0.2, 0) is 11.2 Å². The normalized spacial score (nSPS) is 16.7. The molecule has 144 valence electrons. The molecule has 0 bridgehead atoms. The number of hydrogen-bond donors (Lipinski definition) is 1. The lowest BCUT2D eigenvalue weighted by Crippen LogP contribution is -2.47. The molecule has 0 aliphatic carbocycles. The van der Waals surface area contributed by atoms with Crippen molar-refractivity contribution in [1.29, 1.82) is 0 Å². The van der Waals surface area contributed by atoms with Gasteiger partial charge in [-0.1, -0.05) is 32.9 Å². The maximum atomic E-state index is 12.5. The molecular formula is C20H31ClN4O. The molecule has 1 aromatic heterocycles. The second-order valence-corrected chi connectivity index (χ2v) is 7.53. The molecule has 1 amide bonds. The van der Waals surface area contributed by atoms with Gasteiger partial charge >= 0.3 is 0 Å². The summed E-state index contributed by atoms with van der Waals surface area (Å²) >= 11 is 0. The third kappa shape index (κ3) is 4.21. The Balaban J connectivity index is 0.00000243. The molecule has 2 N–H and O–H groups in total. The molecule has 26 heavy (non-hydrogen) atoms. The minimum Gasteiger partial charge on any atom is -0.341 e. The zero-order valence-electron chi connectivity index (χ0n) is 16.0. The van der Waals surface area contributed by atoms with Gasteiger partial charge in [0.25, 0.3) is 0 Å². The van der Waals surface area contributed by atoms with E-state index in [-0.39, 0.29) is 24.4 Å². The van der Waals surface area contributed by atoms with E-state index in [9.17, 15) is 4.79 Å². The zero-order chi connectivity index (χ0) is 18.0. The van der Waals surface area contributed by atoms with Crippen molar-refractivity contribution in [2.24, 2.45) is 11.7 Å². The highest BCUT2D eigenvalue weighted by Gasteiger charge is 2.28. The van der Waals surface area contributed by atoms with Gasteiger partial charge in [-0.15, -0.1) is 12.4 Å². The zero-order valence-corrected chi connectivity index (χ0v) is 16.8. The number of imidazole rings is 1. The lowest BCUT2D eigenvalue weighted by molar-refractivity contribution is -0.134. The van der Waals surface area contributed by atoms with Crippen molar-refractivity contribution in [1.82, 2.24) is 14.5 Å². The molecule has 2 heterocycles. The second-order valence-electron chi connectivity index (χ2n) is 7.53. The van der Waals surface area contributed by atoms with Gasteiger partial charge in [0.15, 0.2) is 0 Å². The Kier molecular flexibility index (Phi) is 7.07. The summed E-state index contributed by atoms with van der Waals surface area (Å²) in [4.78, 5) is 19.3. The summed E-state index contributed by atoms with van der Waals surface area (Å²) in [5.74, 6) is 1.70.